The molecule has 2 aliphatic rings. The first-order chi connectivity index (χ1) is 15.4. The van der Waals surface area contributed by atoms with Crippen molar-refractivity contribution < 1.29 is 24.2 Å². The summed E-state index contributed by atoms with van der Waals surface area (Å²) in [5, 5.41) is 15.8. The maximum Gasteiger partial charge on any atom is 0.291 e. The van der Waals surface area contributed by atoms with Gasteiger partial charge in [-0.05, 0) is 50.5 Å². The van der Waals surface area contributed by atoms with Crippen LogP contribution in [-0.4, -0.2) is 35.9 Å². The van der Waals surface area contributed by atoms with E-state index < -0.39 is 5.91 Å². The molecule has 3 N–H and O–H groups in total. The zero-order chi connectivity index (χ0) is 22.8. The van der Waals surface area contributed by atoms with Gasteiger partial charge in [-0.25, -0.2) is 0 Å². The summed E-state index contributed by atoms with van der Waals surface area (Å²) in [4.78, 5) is 27.3. The molecule has 168 valence electrons. The van der Waals surface area contributed by atoms with Crippen LogP contribution in [0.15, 0.2) is 29.3 Å². The number of aromatic hydroxyl groups is 1. The predicted octanol–water partition coefficient (Wildman–Crippen LogP) is 4.37. The van der Waals surface area contributed by atoms with Gasteiger partial charge in [-0.3, -0.25) is 14.6 Å². The number of halogens is 2. The first-order valence-corrected chi connectivity index (χ1v) is 10.9. The normalized spacial score (nSPS) is 17.4. The summed E-state index contributed by atoms with van der Waals surface area (Å²) in [6, 6.07) is 6.23. The minimum absolute atomic E-state index is 0.0675. The summed E-state index contributed by atoms with van der Waals surface area (Å²) in [5.41, 5.74) is 1.91. The van der Waals surface area contributed by atoms with Crippen molar-refractivity contribution in [2.24, 2.45) is 4.99 Å². The summed E-state index contributed by atoms with van der Waals surface area (Å²) in [7, 11) is 0. The third-order valence-corrected chi connectivity index (χ3v) is 5.76. The van der Waals surface area contributed by atoms with E-state index in [9.17, 15) is 14.7 Å². The molecule has 0 radical (unpaired) electrons. The van der Waals surface area contributed by atoms with Crippen molar-refractivity contribution in [3.8, 4) is 17.2 Å². The highest BCUT2D eigenvalue weighted by molar-refractivity contribution is 6.46. The number of nitrogens with one attached hydrogen (secondary N) is 2. The number of phenols is 1. The van der Waals surface area contributed by atoms with Crippen LogP contribution in [0.5, 0.6) is 17.2 Å². The van der Waals surface area contributed by atoms with Crippen molar-refractivity contribution in [2.45, 2.75) is 32.3 Å². The Kier molecular flexibility index (Phi) is 6.55. The fourth-order valence-electron chi connectivity index (χ4n) is 3.84. The largest absolute Gasteiger partial charge is 0.508 e. The van der Waals surface area contributed by atoms with Gasteiger partial charge in [0.2, 0.25) is 5.91 Å². The topological polar surface area (TPSA) is 109 Å². The van der Waals surface area contributed by atoms with Crippen LogP contribution in [0.3, 0.4) is 0 Å². The van der Waals surface area contributed by atoms with Gasteiger partial charge in [-0.2, -0.15) is 0 Å². The predicted molar refractivity (Wildman–Crippen MR) is 121 cm³/mol. The molecule has 4 rings (SSSR count). The SMILES string of the molecule is CCO[C@H]1CCCc2c(Oc3c(Cl)cc(NC(=O)C4=NCC(=O)N4)cc3Cl)ccc(O)c21. The molecule has 0 fully saturated rings. The van der Waals surface area contributed by atoms with Crippen LogP contribution in [-0.2, 0) is 20.7 Å². The van der Waals surface area contributed by atoms with Gasteiger partial charge >= 0.3 is 0 Å². The van der Waals surface area contributed by atoms with E-state index in [2.05, 4.69) is 15.6 Å². The molecule has 1 aliphatic heterocycles. The highest BCUT2D eigenvalue weighted by Gasteiger charge is 2.28. The molecule has 32 heavy (non-hydrogen) atoms. The number of anilines is 1. The van der Waals surface area contributed by atoms with Crippen molar-refractivity contribution in [2.75, 3.05) is 18.5 Å². The van der Waals surface area contributed by atoms with Crippen LogP contribution in [0.4, 0.5) is 5.69 Å². The monoisotopic (exact) mass is 477 g/mol. The number of carbonyl (C=O) groups is 2. The van der Waals surface area contributed by atoms with E-state index in [4.69, 9.17) is 32.7 Å². The number of hydrogen-bond acceptors (Lipinski definition) is 6. The van der Waals surface area contributed by atoms with Gasteiger partial charge in [0.05, 0.1) is 16.1 Å². The Labute approximate surface area is 194 Å². The van der Waals surface area contributed by atoms with Crippen molar-refractivity contribution in [1.29, 1.82) is 0 Å². The lowest BCUT2D eigenvalue weighted by Gasteiger charge is -2.28. The molecule has 8 nitrogen and oxygen atoms in total. The zero-order valence-corrected chi connectivity index (χ0v) is 18.7. The third-order valence-electron chi connectivity index (χ3n) is 5.20. The van der Waals surface area contributed by atoms with E-state index in [1.807, 2.05) is 6.92 Å². The summed E-state index contributed by atoms with van der Waals surface area (Å²) >= 11 is 12.8. The Morgan fingerprint density at radius 1 is 1.31 bits per heavy atom. The van der Waals surface area contributed by atoms with Crippen molar-refractivity contribution >= 4 is 46.5 Å². The zero-order valence-electron chi connectivity index (χ0n) is 17.2. The standard InChI is InChI=1S/C22H21Cl2N3O5/c1-2-31-17-5-3-4-12-16(7-6-15(28)19(12)17)32-20-13(23)8-11(9-14(20)24)26-22(30)21-25-10-18(29)27-21/h6-9,17,28H,2-5,10H2,1H3,(H,26,30)(H,25,27,29)/t17-/m0/s1. The van der Waals surface area contributed by atoms with Gasteiger partial charge in [0, 0.05) is 23.4 Å². The molecule has 1 aliphatic carbocycles. The second-order valence-electron chi connectivity index (χ2n) is 7.35. The molecule has 2 aromatic carbocycles. The molecule has 0 bridgehead atoms. The molecular weight excluding hydrogens is 457 g/mol. The lowest BCUT2D eigenvalue weighted by atomic mass is 9.88. The number of rotatable bonds is 6. The molecule has 0 saturated heterocycles. The molecule has 0 spiro atoms. The van der Waals surface area contributed by atoms with E-state index >= 15 is 0 Å². The Hall–Kier alpha value is -2.81. The Bertz CT molecular complexity index is 1100. The summed E-state index contributed by atoms with van der Waals surface area (Å²) in [6.45, 7) is 2.37. The van der Waals surface area contributed by atoms with Crippen molar-refractivity contribution in [1.82, 2.24) is 5.32 Å². The third kappa shape index (κ3) is 4.53. The average molecular weight is 478 g/mol. The van der Waals surface area contributed by atoms with E-state index in [0.29, 0.717) is 18.0 Å². The molecular formula is C22H21Cl2N3O5. The Morgan fingerprint density at radius 2 is 2.06 bits per heavy atom. The summed E-state index contributed by atoms with van der Waals surface area (Å²) < 4.78 is 11.9. The molecule has 1 atom stereocenters. The van der Waals surface area contributed by atoms with Crippen LogP contribution in [0, 0.1) is 0 Å². The minimum atomic E-state index is -0.578. The van der Waals surface area contributed by atoms with Gasteiger partial charge in [0.1, 0.15) is 18.0 Å². The number of amidine groups is 1. The van der Waals surface area contributed by atoms with Gasteiger partial charge in [-0.15, -0.1) is 0 Å². The highest BCUT2D eigenvalue weighted by atomic mass is 35.5. The maximum absolute atomic E-state index is 12.2. The number of nitrogens with zero attached hydrogens (tertiary/aromatic N) is 1. The average Bonchev–Trinajstić information content (AvgIpc) is 3.19. The van der Waals surface area contributed by atoms with Gasteiger partial charge in [-0.1, -0.05) is 23.2 Å². The first kappa shape index (κ1) is 22.4. The maximum atomic E-state index is 12.2. The summed E-state index contributed by atoms with van der Waals surface area (Å²) in [5.74, 6) is -0.0649. The van der Waals surface area contributed by atoms with Crippen LogP contribution >= 0.6 is 23.2 Å². The van der Waals surface area contributed by atoms with Crippen LogP contribution in [0.2, 0.25) is 10.0 Å². The van der Waals surface area contributed by atoms with E-state index in [-0.39, 0.29) is 45.9 Å². The van der Waals surface area contributed by atoms with Crippen LogP contribution in [0.25, 0.3) is 0 Å². The lowest BCUT2D eigenvalue weighted by Crippen LogP contribution is -2.34. The lowest BCUT2D eigenvalue weighted by molar-refractivity contribution is -0.118. The van der Waals surface area contributed by atoms with Crippen LogP contribution < -0.4 is 15.4 Å². The molecule has 1 heterocycles. The molecule has 2 amide bonds. The number of aliphatic imine (C=N–C) groups is 1. The highest BCUT2D eigenvalue weighted by Crippen LogP contribution is 2.46. The Balaban J connectivity index is 1.59. The van der Waals surface area contributed by atoms with Gasteiger partial charge in [0.15, 0.2) is 11.6 Å². The summed E-state index contributed by atoms with van der Waals surface area (Å²) in [6.07, 6.45) is 2.23. The fraction of sp³-hybridized carbons (Fsp3) is 0.318. The van der Waals surface area contributed by atoms with E-state index in [1.54, 1.807) is 12.1 Å². The molecule has 2 aromatic rings. The van der Waals surface area contributed by atoms with E-state index in [0.717, 1.165) is 30.4 Å². The van der Waals surface area contributed by atoms with Crippen molar-refractivity contribution in [3.05, 3.63) is 45.4 Å². The second kappa shape index (κ2) is 9.36. The minimum Gasteiger partial charge on any atom is -0.508 e. The first-order valence-electron chi connectivity index (χ1n) is 10.2. The number of phenolic OH excluding ortho intramolecular Hbond substituents is 1. The van der Waals surface area contributed by atoms with Gasteiger partial charge in [0.25, 0.3) is 5.91 Å². The molecule has 10 heteroatoms. The van der Waals surface area contributed by atoms with Crippen LogP contribution in [0.1, 0.15) is 37.0 Å². The number of carbonyl (C=O) groups excluding carboxylic acids is 2. The number of amides is 2. The number of hydrogen-bond donors (Lipinski definition) is 3. The van der Waals surface area contributed by atoms with Crippen molar-refractivity contribution in [3.63, 3.8) is 0 Å². The molecule has 0 unspecified atom stereocenters. The number of benzene rings is 2. The van der Waals surface area contributed by atoms with Gasteiger partial charge < -0.3 is 25.2 Å². The second-order valence-corrected chi connectivity index (χ2v) is 8.16. The smallest absolute Gasteiger partial charge is 0.291 e. The quantitative estimate of drug-likeness (QED) is 0.571. The molecule has 0 saturated carbocycles. The Morgan fingerprint density at radius 3 is 2.72 bits per heavy atom. The number of fused-ring (bicyclic) bond motifs is 1. The fourth-order valence-corrected chi connectivity index (χ4v) is 4.41. The number of ether oxygens (including phenoxy) is 2. The molecule has 0 aromatic heterocycles. The van der Waals surface area contributed by atoms with E-state index in [1.165, 1.54) is 12.1 Å².